The first kappa shape index (κ1) is 16.4. The zero-order valence-corrected chi connectivity index (χ0v) is 14.5. The lowest BCUT2D eigenvalue weighted by atomic mass is 9.93. The molecule has 2 aromatic carbocycles. The summed E-state index contributed by atoms with van der Waals surface area (Å²) in [6.07, 6.45) is 2.10. The standard InChI is InChI=1S/C20H24N2O2/c1-4-5-14-24-18-13-9-7-11-16(18)20(2)21-17-12-8-6-10-15(17)19(23)22(20)3/h6-13,21H,4-5,14H2,1-3H3. The third-order valence-corrected chi connectivity index (χ3v) is 4.68. The van der Waals surface area contributed by atoms with E-state index in [1.165, 1.54) is 0 Å². The van der Waals surface area contributed by atoms with Crippen LogP contribution in [-0.2, 0) is 5.66 Å². The molecule has 0 spiro atoms. The van der Waals surface area contributed by atoms with Crippen molar-refractivity contribution in [2.24, 2.45) is 0 Å². The van der Waals surface area contributed by atoms with Gasteiger partial charge in [0.1, 0.15) is 11.4 Å². The Kier molecular flexibility index (Phi) is 4.47. The van der Waals surface area contributed by atoms with Gasteiger partial charge < -0.3 is 15.0 Å². The molecule has 1 unspecified atom stereocenters. The molecule has 0 radical (unpaired) electrons. The van der Waals surface area contributed by atoms with Gasteiger partial charge in [-0.05, 0) is 31.5 Å². The van der Waals surface area contributed by atoms with Crippen LogP contribution in [0.15, 0.2) is 48.5 Å². The minimum atomic E-state index is -0.658. The molecule has 1 N–H and O–H groups in total. The molecule has 1 aliphatic heterocycles. The summed E-state index contributed by atoms with van der Waals surface area (Å²) in [7, 11) is 1.83. The lowest BCUT2D eigenvalue weighted by Crippen LogP contribution is -2.53. The van der Waals surface area contributed by atoms with E-state index in [1.54, 1.807) is 4.90 Å². The number of amides is 1. The van der Waals surface area contributed by atoms with E-state index in [0.717, 1.165) is 29.8 Å². The summed E-state index contributed by atoms with van der Waals surface area (Å²) in [4.78, 5) is 14.6. The molecule has 0 saturated carbocycles. The zero-order valence-electron chi connectivity index (χ0n) is 14.5. The first-order valence-electron chi connectivity index (χ1n) is 8.45. The number of nitrogens with zero attached hydrogens (tertiary/aromatic N) is 1. The summed E-state index contributed by atoms with van der Waals surface area (Å²) in [5, 5.41) is 3.53. The molecule has 2 aromatic rings. The second kappa shape index (κ2) is 6.56. The molecular formula is C20H24N2O2. The first-order valence-corrected chi connectivity index (χ1v) is 8.45. The van der Waals surface area contributed by atoms with Crippen molar-refractivity contribution < 1.29 is 9.53 Å². The Morgan fingerprint density at radius 3 is 2.62 bits per heavy atom. The number of hydrogen-bond donors (Lipinski definition) is 1. The molecule has 1 amide bonds. The average molecular weight is 324 g/mol. The second-order valence-corrected chi connectivity index (χ2v) is 6.31. The van der Waals surface area contributed by atoms with Gasteiger partial charge in [0, 0.05) is 18.3 Å². The van der Waals surface area contributed by atoms with Crippen molar-refractivity contribution in [2.45, 2.75) is 32.4 Å². The normalized spacial score (nSPS) is 19.6. The van der Waals surface area contributed by atoms with Gasteiger partial charge in [0.25, 0.3) is 5.91 Å². The molecule has 4 heteroatoms. The zero-order chi connectivity index (χ0) is 17.2. The van der Waals surface area contributed by atoms with Crippen molar-refractivity contribution in [1.82, 2.24) is 4.90 Å². The molecule has 0 bridgehead atoms. The van der Waals surface area contributed by atoms with Gasteiger partial charge in [-0.25, -0.2) is 0 Å². The maximum absolute atomic E-state index is 12.8. The third-order valence-electron chi connectivity index (χ3n) is 4.68. The van der Waals surface area contributed by atoms with E-state index in [0.29, 0.717) is 12.2 Å². The highest BCUT2D eigenvalue weighted by atomic mass is 16.5. The number of benzene rings is 2. The lowest BCUT2D eigenvalue weighted by molar-refractivity contribution is 0.0610. The van der Waals surface area contributed by atoms with Gasteiger partial charge in [-0.1, -0.05) is 43.7 Å². The van der Waals surface area contributed by atoms with Crippen LogP contribution < -0.4 is 10.1 Å². The predicted octanol–water partition coefficient (Wildman–Crippen LogP) is 4.24. The molecule has 126 valence electrons. The number of hydrogen-bond acceptors (Lipinski definition) is 3. The monoisotopic (exact) mass is 324 g/mol. The predicted molar refractivity (Wildman–Crippen MR) is 96.4 cm³/mol. The number of rotatable bonds is 5. The Balaban J connectivity index is 2.01. The Morgan fingerprint density at radius 1 is 1.12 bits per heavy atom. The summed E-state index contributed by atoms with van der Waals surface area (Å²) in [6, 6.07) is 15.6. The molecule has 0 fully saturated rings. The Bertz CT molecular complexity index is 744. The van der Waals surface area contributed by atoms with Crippen molar-refractivity contribution in [3.05, 3.63) is 59.7 Å². The number of carbonyl (C=O) groups excluding carboxylic acids is 1. The maximum atomic E-state index is 12.8. The highest BCUT2D eigenvalue weighted by Gasteiger charge is 2.41. The van der Waals surface area contributed by atoms with Gasteiger partial charge >= 0.3 is 0 Å². The molecule has 24 heavy (non-hydrogen) atoms. The van der Waals surface area contributed by atoms with E-state index in [-0.39, 0.29) is 5.91 Å². The molecule has 1 atom stereocenters. The van der Waals surface area contributed by atoms with Gasteiger partial charge in [0.15, 0.2) is 0 Å². The molecule has 0 aromatic heterocycles. The van der Waals surface area contributed by atoms with Gasteiger partial charge in [0.05, 0.1) is 12.2 Å². The van der Waals surface area contributed by atoms with Crippen molar-refractivity contribution in [1.29, 1.82) is 0 Å². The Labute approximate surface area is 143 Å². The summed E-state index contributed by atoms with van der Waals surface area (Å²) >= 11 is 0. The first-order chi connectivity index (χ1) is 11.6. The van der Waals surface area contributed by atoms with E-state index in [9.17, 15) is 4.79 Å². The average Bonchev–Trinajstić information content (AvgIpc) is 2.60. The van der Waals surface area contributed by atoms with E-state index in [1.807, 2.05) is 62.5 Å². The topological polar surface area (TPSA) is 41.6 Å². The van der Waals surface area contributed by atoms with Crippen LogP contribution in [0.2, 0.25) is 0 Å². The summed E-state index contributed by atoms with van der Waals surface area (Å²) in [5.41, 5.74) is 1.86. The number of carbonyl (C=O) groups is 1. The van der Waals surface area contributed by atoms with Gasteiger partial charge in [0.2, 0.25) is 0 Å². The SMILES string of the molecule is CCCCOc1ccccc1C1(C)Nc2ccccc2C(=O)N1C. The molecule has 1 aliphatic rings. The third kappa shape index (κ3) is 2.73. The van der Waals surface area contributed by atoms with Crippen LogP contribution in [0.4, 0.5) is 5.69 Å². The van der Waals surface area contributed by atoms with Crippen molar-refractivity contribution in [3.8, 4) is 5.75 Å². The number of ether oxygens (including phenoxy) is 1. The van der Waals surface area contributed by atoms with Crippen LogP contribution in [0.25, 0.3) is 0 Å². The fourth-order valence-corrected chi connectivity index (χ4v) is 3.08. The quantitative estimate of drug-likeness (QED) is 0.837. The van der Waals surface area contributed by atoms with Crippen molar-refractivity contribution in [2.75, 3.05) is 19.0 Å². The van der Waals surface area contributed by atoms with E-state index in [2.05, 4.69) is 12.2 Å². The van der Waals surface area contributed by atoms with E-state index in [4.69, 9.17) is 4.74 Å². The summed E-state index contributed by atoms with van der Waals surface area (Å²) < 4.78 is 5.99. The Morgan fingerprint density at radius 2 is 1.83 bits per heavy atom. The summed E-state index contributed by atoms with van der Waals surface area (Å²) in [5.74, 6) is 0.829. The molecule has 0 aliphatic carbocycles. The van der Waals surface area contributed by atoms with E-state index < -0.39 is 5.66 Å². The number of para-hydroxylation sites is 2. The number of unbranched alkanes of at least 4 members (excludes halogenated alkanes) is 1. The Hall–Kier alpha value is -2.49. The molecule has 3 rings (SSSR count). The van der Waals surface area contributed by atoms with Gasteiger partial charge in [-0.15, -0.1) is 0 Å². The number of nitrogens with one attached hydrogen (secondary N) is 1. The largest absolute Gasteiger partial charge is 0.493 e. The smallest absolute Gasteiger partial charge is 0.257 e. The number of anilines is 1. The molecule has 0 saturated heterocycles. The van der Waals surface area contributed by atoms with E-state index >= 15 is 0 Å². The number of fused-ring (bicyclic) bond motifs is 1. The fraction of sp³-hybridized carbons (Fsp3) is 0.350. The fourth-order valence-electron chi connectivity index (χ4n) is 3.08. The highest BCUT2D eigenvalue weighted by molar-refractivity contribution is 6.02. The van der Waals surface area contributed by atoms with Gasteiger partial charge in [-0.2, -0.15) is 0 Å². The summed E-state index contributed by atoms with van der Waals surface area (Å²) in [6.45, 7) is 4.84. The van der Waals surface area contributed by atoms with Crippen LogP contribution in [0.5, 0.6) is 5.75 Å². The van der Waals surface area contributed by atoms with Gasteiger partial charge in [-0.3, -0.25) is 4.79 Å². The lowest BCUT2D eigenvalue weighted by Gasteiger charge is -2.45. The van der Waals surface area contributed by atoms with Crippen LogP contribution in [0, 0.1) is 0 Å². The van der Waals surface area contributed by atoms with Crippen LogP contribution in [0.1, 0.15) is 42.6 Å². The van der Waals surface area contributed by atoms with Crippen molar-refractivity contribution >= 4 is 11.6 Å². The molecule has 4 nitrogen and oxygen atoms in total. The van der Waals surface area contributed by atoms with Crippen LogP contribution in [-0.4, -0.2) is 24.5 Å². The molecular weight excluding hydrogens is 300 g/mol. The second-order valence-electron chi connectivity index (χ2n) is 6.31. The highest BCUT2D eigenvalue weighted by Crippen LogP contribution is 2.40. The molecule has 1 heterocycles. The van der Waals surface area contributed by atoms with Crippen LogP contribution in [0.3, 0.4) is 0 Å². The maximum Gasteiger partial charge on any atom is 0.257 e. The minimum absolute atomic E-state index is 0.00945. The van der Waals surface area contributed by atoms with Crippen molar-refractivity contribution in [3.63, 3.8) is 0 Å². The minimum Gasteiger partial charge on any atom is -0.493 e. The van der Waals surface area contributed by atoms with Crippen LogP contribution >= 0.6 is 0 Å².